The van der Waals surface area contributed by atoms with Gasteiger partial charge < -0.3 is 43.0 Å². The molecule has 0 aromatic heterocycles. The molecule has 3 aromatic carbocycles. The van der Waals surface area contributed by atoms with E-state index < -0.39 is 23.9 Å². The number of hydrogen-bond donors (Lipinski definition) is 0. The maximum Gasteiger partial charge on any atom is 0.325 e. The van der Waals surface area contributed by atoms with Gasteiger partial charge in [-0.25, -0.2) is 0 Å². The Kier molecular flexibility index (Phi) is 14.2. The van der Waals surface area contributed by atoms with Gasteiger partial charge >= 0.3 is 23.9 Å². The molecule has 13 nitrogen and oxygen atoms in total. The first-order valence-corrected chi connectivity index (χ1v) is 14.6. The molecule has 0 heterocycles. The molecule has 3 rings (SSSR count). The molecule has 0 spiro atoms. The average molecular weight is 653 g/mol. The fourth-order valence-corrected chi connectivity index (χ4v) is 4.33. The van der Waals surface area contributed by atoms with Gasteiger partial charge in [0.25, 0.3) is 0 Å². The molecule has 0 radical (unpaired) electrons. The number of methoxy groups -OCH3 is 4. The summed E-state index contributed by atoms with van der Waals surface area (Å²) in [6, 6.07) is 20.0. The van der Waals surface area contributed by atoms with Crippen molar-refractivity contribution in [3.63, 3.8) is 0 Å². The molecular weight excluding hydrogens is 612 g/mol. The van der Waals surface area contributed by atoms with Crippen molar-refractivity contribution in [3.8, 4) is 17.2 Å². The zero-order valence-corrected chi connectivity index (χ0v) is 27.2. The topological polar surface area (TPSA) is 139 Å². The molecule has 0 unspecified atom stereocenters. The molecule has 0 atom stereocenters. The largest absolute Gasteiger partial charge is 0.489 e. The predicted molar refractivity (Wildman–Crippen MR) is 172 cm³/mol. The number of carbonyl (C=O) groups excluding carboxylic acids is 4. The lowest BCUT2D eigenvalue weighted by Gasteiger charge is -2.26. The van der Waals surface area contributed by atoms with Gasteiger partial charge in [0.15, 0.2) is 0 Å². The van der Waals surface area contributed by atoms with Crippen LogP contribution in [0.3, 0.4) is 0 Å². The van der Waals surface area contributed by atoms with Gasteiger partial charge in [-0.1, -0.05) is 36.4 Å². The second kappa shape index (κ2) is 18.5. The van der Waals surface area contributed by atoms with Gasteiger partial charge in [0, 0.05) is 6.07 Å². The Morgan fingerprint density at radius 1 is 0.553 bits per heavy atom. The van der Waals surface area contributed by atoms with Crippen LogP contribution in [0.2, 0.25) is 0 Å². The Bertz CT molecular complexity index is 1460. The molecule has 0 saturated heterocycles. The lowest BCUT2D eigenvalue weighted by atomic mass is 10.2. The van der Waals surface area contributed by atoms with Crippen LogP contribution in [0.4, 0.5) is 11.4 Å². The van der Waals surface area contributed by atoms with Gasteiger partial charge in [-0.15, -0.1) is 0 Å². The van der Waals surface area contributed by atoms with E-state index >= 15 is 0 Å². The van der Waals surface area contributed by atoms with Gasteiger partial charge in [0.05, 0.1) is 39.8 Å². The summed E-state index contributed by atoms with van der Waals surface area (Å²) >= 11 is 0. The highest BCUT2D eigenvalue weighted by atomic mass is 16.5. The quantitative estimate of drug-likeness (QED) is 0.113. The summed E-state index contributed by atoms with van der Waals surface area (Å²) in [4.78, 5) is 51.8. The standard InChI is InChI=1S/C34H40N2O11/c1-24-11-13-27(35(19-31(37)41-2)20-32(38)42-3)30(17-24)46-16-15-45-29-14-12-26(47-23-25-9-7-6-8-10-25)18-28(29)36(21-33(39)43-4)22-34(40)44-5/h6-14,17-18H,15-16,19-23H2,1-5H3. The Morgan fingerprint density at radius 3 is 1.60 bits per heavy atom. The minimum Gasteiger partial charge on any atom is -0.489 e. The van der Waals surface area contributed by atoms with E-state index in [9.17, 15) is 19.2 Å². The number of benzene rings is 3. The first-order valence-electron chi connectivity index (χ1n) is 14.6. The molecule has 0 amide bonds. The number of esters is 4. The van der Waals surface area contributed by atoms with Crippen LogP contribution in [0.15, 0.2) is 66.7 Å². The van der Waals surface area contributed by atoms with Crippen molar-refractivity contribution in [1.82, 2.24) is 0 Å². The first-order chi connectivity index (χ1) is 22.7. The van der Waals surface area contributed by atoms with Gasteiger partial charge in [0.2, 0.25) is 0 Å². The minimum atomic E-state index is -0.575. The molecule has 0 N–H and O–H groups in total. The Morgan fingerprint density at radius 2 is 1.06 bits per heavy atom. The highest BCUT2D eigenvalue weighted by Crippen LogP contribution is 2.34. The second-order valence-corrected chi connectivity index (χ2v) is 10.1. The lowest BCUT2D eigenvalue weighted by molar-refractivity contribution is -0.141. The van der Waals surface area contributed by atoms with Gasteiger partial charge in [-0.3, -0.25) is 19.2 Å². The molecular formula is C34H40N2O11. The van der Waals surface area contributed by atoms with E-state index in [-0.39, 0.29) is 39.4 Å². The van der Waals surface area contributed by atoms with Crippen LogP contribution in [0.25, 0.3) is 0 Å². The number of ether oxygens (including phenoxy) is 7. The van der Waals surface area contributed by atoms with Crippen LogP contribution in [0.5, 0.6) is 17.2 Å². The summed E-state index contributed by atoms with van der Waals surface area (Å²) in [7, 11) is 5.03. The van der Waals surface area contributed by atoms with Gasteiger partial charge in [0.1, 0.15) is 63.2 Å². The highest BCUT2D eigenvalue weighted by molar-refractivity contribution is 5.83. The highest BCUT2D eigenvalue weighted by Gasteiger charge is 2.22. The minimum absolute atomic E-state index is 0.0445. The molecule has 0 aliphatic rings. The van der Waals surface area contributed by atoms with Crippen molar-refractivity contribution in [2.24, 2.45) is 0 Å². The predicted octanol–water partition coefficient (Wildman–Crippen LogP) is 3.34. The van der Waals surface area contributed by atoms with E-state index in [1.807, 2.05) is 43.3 Å². The van der Waals surface area contributed by atoms with Crippen molar-refractivity contribution in [3.05, 3.63) is 77.9 Å². The van der Waals surface area contributed by atoms with Crippen LogP contribution in [0.1, 0.15) is 11.1 Å². The van der Waals surface area contributed by atoms with Crippen molar-refractivity contribution < 1.29 is 52.3 Å². The summed E-state index contributed by atoms with van der Waals surface area (Å²) in [5.41, 5.74) is 2.72. The average Bonchev–Trinajstić information content (AvgIpc) is 3.09. The van der Waals surface area contributed by atoms with E-state index in [1.54, 1.807) is 30.3 Å². The van der Waals surface area contributed by atoms with Crippen molar-refractivity contribution in [2.45, 2.75) is 13.5 Å². The van der Waals surface area contributed by atoms with E-state index in [0.29, 0.717) is 35.2 Å². The third kappa shape index (κ3) is 11.4. The Hall–Kier alpha value is -5.46. The molecule has 3 aromatic rings. The number of hydrogen-bond acceptors (Lipinski definition) is 13. The van der Waals surface area contributed by atoms with E-state index in [0.717, 1.165) is 11.1 Å². The molecule has 47 heavy (non-hydrogen) atoms. The van der Waals surface area contributed by atoms with Crippen molar-refractivity contribution in [1.29, 1.82) is 0 Å². The first kappa shape index (κ1) is 36.0. The number of carbonyl (C=O) groups is 4. The molecule has 252 valence electrons. The monoisotopic (exact) mass is 652 g/mol. The van der Waals surface area contributed by atoms with Crippen molar-refractivity contribution in [2.75, 3.05) is 77.6 Å². The van der Waals surface area contributed by atoms with E-state index in [4.69, 9.17) is 33.2 Å². The van der Waals surface area contributed by atoms with E-state index in [2.05, 4.69) is 0 Å². The SMILES string of the molecule is COC(=O)CN(CC(=O)OC)c1ccc(C)cc1OCCOc1ccc(OCc2ccccc2)cc1N(CC(=O)OC)CC(=O)OC. The Balaban J connectivity index is 1.84. The molecule has 13 heteroatoms. The fourth-order valence-electron chi connectivity index (χ4n) is 4.33. The zero-order valence-electron chi connectivity index (χ0n) is 27.2. The number of rotatable bonds is 18. The number of nitrogens with zero attached hydrogens (tertiary/aromatic N) is 2. The van der Waals surface area contributed by atoms with Gasteiger partial charge in [-0.05, 0) is 42.3 Å². The summed E-state index contributed by atoms with van der Waals surface area (Å²) in [6.45, 7) is 1.34. The Labute approximate surface area is 273 Å². The summed E-state index contributed by atoms with van der Waals surface area (Å²) in [6.07, 6.45) is 0. The molecule has 0 aliphatic heterocycles. The van der Waals surface area contributed by atoms with Crippen LogP contribution < -0.4 is 24.0 Å². The van der Waals surface area contributed by atoms with E-state index in [1.165, 1.54) is 38.2 Å². The van der Waals surface area contributed by atoms with Crippen LogP contribution >= 0.6 is 0 Å². The third-order valence-electron chi connectivity index (χ3n) is 6.76. The fraction of sp³-hybridized carbons (Fsp3) is 0.353. The maximum atomic E-state index is 12.3. The molecule has 0 fully saturated rings. The van der Waals surface area contributed by atoms with Crippen LogP contribution in [-0.4, -0.2) is 91.7 Å². The number of aryl methyl sites for hydroxylation is 1. The summed E-state index contributed by atoms with van der Waals surface area (Å²) < 4.78 is 37.5. The molecule has 0 aliphatic carbocycles. The lowest BCUT2D eigenvalue weighted by Crippen LogP contribution is -2.36. The summed E-state index contributed by atoms with van der Waals surface area (Å²) in [5, 5.41) is 0. The smallest absolute Gasteiger partial charge is 0.325 e. The van der Waals surface area contributed by atoms with Gasteiger partial charge in [-0.2, -0.15) is 0 Å². The third-order valence-corrected chi connectivity index (χ3v) is 6.76. The van der Waals surface area contributed by atoms with Crippen LogP contribution in [-0.2, 0) is 44.7 Å². The van der Waals surface area contributed by atoms with Crippen molar-refractivity contribution >= 4 is 35.3 Å². The molecule has 0 bridgehead atoms. The van der Waals surface area contributed by atoms with Crippen LogP contribution in [0, 0.1) is 6.92 Å². The second-order valence-electron chi connectivity index (χ2n) is 10.1. The maximum absolute atomic E-state index is 12.3. The summed E-state index contributed by atoms with van der Waals surface area (Å²) in [5.74, 6) is -1.01. The molecule has 0 saturated carbocycles. The normalized spacial score (nSPS) is 10.3. The number of anilines is 2. The zero-order chi connectivity index (χ0) is 34.2.